The minimum Gasteiger partial charge on any atom is -0.506 e. The summed E-state index contributed by atoms with van der Waals surface area (Å²) in [6.45, 7) is 0. The molecule has 0 heterocycles. The average Bonchev–Trinajstić information content (AvgIpc) is 2.48. The third-order valence-corrected chi connectivity index (χ3v) is 3.91. The second-order valence-corrected chi connectivity index (χ2v) is 5.69. The molecule has 0 spiro atoms. The normalized spacial score (nSPS) is 10.8. The highest BCUT2D eigenvalue weighted by molar-refractivity contribution is 6.33. The maximum absolute atomic E-state index is 9.92. The quantitative estimate of drug-likeness (QED) is 0.725. The van der Waals surface area contributed by atoms with Gasteiger partial charge in [0, 0.05) is 19.8 Å². The maximum Gasteiger partial charge on any atom is 0.134 e. The van der Waals surface area contributed by atoms with Crippen molar-refractivity contribution in [1.29, 1.82) is 0 Å². The molecule has 0 fully saturated rings. The molecule has 106 valence electrons. The molecule has 0 atom stereocenters. The first-order valence-electron chi connectivity index (χ1n) is 6.75. The van der Waals surface area contributed by atoms with Gasteiger partial charge >= 0.3 is 0 Å². The summed E-state index contributed by atoms with van der Waals surface area (Å²) in [7, 11) is 4.02. The molecule has 3 rings (SSSR count). The molecule has 0 aromatic heterocycles. The van der Waals surface area contributed by atoms with Crippen molar-refractivity contribution in [2.45, 2.75) is 0 Å². The lowest BCUT2D eigenvalue weighted by atomic mass is 9.97. The van der Waals surface area contributed by atoms with E-state index in [1.54, 1.807) is 6.07 Å². The van der Waals surface area contributed by atoms with E-state index >= 15 is 0 Å². The monoisotopic (exact) mass is 297 g/mol. The van der Waals surface area contributed by atoms with E-state index in [0.29, 0.717) is 5.02 Å². The topological polar surface area (TPSA) is 23.5 Å². The van der Waals surface area contributed by atoms with Gasteiger partial charge in [-0.25, -0.2) is 0 Å². The fraction of sp³-hybridized carbons (Fsp3) is 0.111. The van der Waals surface area contributed by atoms with Crippen LogP contribution in [-0.2, 0) is 0 Å². The van der Waals surface area contributed by atoms with Crippen LogP contribution < -0.4 is 4.90 Å². The fourth-order valence-corrected chi connectivity index (χ4v) is 2.64. The zero-order valence-electron chi connectivity index (χ0n) is 12.0. The second-order valence-electron chi connectivity index (χ2n) is 5.28. The number of aromatic hydroxyl groups is 1. The minimum atomic E-state index is 0.110. The van der Waals surface area contributed by atoms with Crippen molar-refractivity contribution in [3.05, 3.63) is 59.6 Å². The molecule has 0 saturated heterocycles. The number of nitrogens with zero attached hydrogens (tertiary/aromatic N) is 1. The molecule has 0 bridgehead atoms. The zero-order valence-corrected chi connectivity index (χ0v) is 12.7. The molecule has 0 radical (unpaired) electrons. The summed E-state index contributed by atoms with van der Waals surface area (Å²) in [5.41, 5.74) is 3.31. The highest BCUT2D eigenvalue weighted by atomic mass is 35.5. The van der Waals surface area contributed by atoms with Gasteiger partial charge in [-0.1, -0.05) is 41.9 Å². The van der Waals surface area contributed by atoms with Crippen LogP contribution >= 0.6 is 11.6 Å². The lowest BCUT2D eigenvalue weighted by Gasteiger charge is -2.17. The van der Waals surface area contributed by atoms with Crippen LogP contribution in [0.15, 0.2) is 54.6 Å². The number of hydrogen-bond acceptors (Lipinski definition) is 2. The van der Waals surface area contributed by atoms with Gasteiger partial charge in [-0.05, 0) is 46.2 Å². The average molecular weight is 298 g/mol. The third-order valence-electron chi connectivity index (χ3n) is 3.61. The second kappa shape index (κ2) is 5.30. The van der Waals surface area contributed by atoms with E-state index in [9.17, 15) is 5.11 Å². The smallest absolute Gasteiger partial charge is 0.134 e. The van der Waals surface area contributed by atoms with Crippen LogP contribution in [0, 0.1) is 0 Å². The Morgan fingerprint density at radius 1 is 0.952 bits per heavy atom. The Balaban J connectivity index is 2.37. The number of rotatable bonds is 2. The minimum absolute atomic E-state index is 0.110. The van der Waals surface area contributed by atoms with Crippen LogP contribution in [0.1, 0.15) is 0 Å². The molecule has 2 nitrogen and oxygen atoms in total. The molecular weight excluding hydrogens is 282 g/mol. The first-order valence-corrected chi connectivity index (χ1v) is 7.13. The van der Waals surface area contributed by atoms with Crippen molar-refractivity contribution in [2.24, 2.45) is 0 Å². The summed E-state index contributed by atoms with van der Waals surface area (Å²) in [6.07, 6.45) is 0. The van der Waals surface area contributed by atoms with E-state index < -0.39 is 0 Å². The number of halogens is 1. The van der Waals surface area contributed by atoms with Crippen molar-refractivity contribution >= 4 is 28.1 Å². The van der Waals surface area contributed by atoms with Gasteiger partial charge in [0.1, 0.15) is 5.75 Å². The van der Waals surface area contributed by atoms with Gasteiger partial charge in [0.05, 0.1) is 5.02 Å². The molecule has 0 aliphatic carbocycles. The summed E-state index contributed by atoms with van der Waals surface area (Å²) in [5, 5.41) is 12.3. The van der Waals surface area contributed by atoms with Gasteiger partial charge in [-0.3, -0.25) is 0 Å². The Bertz CT molecular complexity index is 797. The van der Waals surface area contributed by atoms with Crippen LogP contribution in [-0.4, -0.2) is 19.2 Å². The van der Waals surface area contributed by atoms with Crippen LogP contribution in [0.2, 0.25) is 5.02 Å². The highest BCUT2D eigenvalue weighted by Crippen LogP contribution is 2.37. The van der Waals surface area contributed by atoms with Crippen LogP contribution in [0.25, 0.3) is 21.9 Å². The van der Waals surface area contributed by atoms with Crippen molar-refractivity contribution in [3.63, 3.8) is 0 Å². The lowest BCUT2D eigenvalue weighted by molar-refractivity contribution is 0.476. The van der Waals surface area contributed by atoms with E-state index in [2.05, 4.69) is 29.2 Å². The van der Waals surface area contributed by atoms with Crippen LogP contribution in [0.3, 0.4) is 0 Å². The van der Waals surface area contributed by atoms with Gasteiger partial charge in [0.15, 0.2) is 0 Å². The summed E-state index contributed by atoms with van der Waals surface area (Å²) >= 11 is 6.05. The molecular formula is C18H16ClNO. The number of phenolic OH excluding ortho intramolecular Hbond substituents is 1. The molecule has 3 aromatic carbocycles. The summed E-state index contributed by atoms with van der Waals surface area (Å²) in [6, 6.07) is 17.9. The molecule has 0 aliphatic heterocycles. The molecule has 3 heteroatoms. The lowest BCUT2D eigenvalue weighted by Crippen LogP contribution is -2.08. The molecule has 0 unspecified atom stereocenters. The third kappa shape index (κ3) is 2.55. The zero-order chi connectivity index (χ0) is 15.0. The molecule has 0 saturated carbocycles. The molecule has 0 amide bonds. The van der Waals surface area contributed by atoms with E-state index in [0.717, 1.165) is 27.6 Å². The molecule has 0 aliphatic rings. The summed E-state index contributed by atoms with van der Waals surface area (Å²) in [4.78, 5) is 2.06. The number of phenols is 1. The number of hydrogen-bond donors (Lipinski definition) is 1. The van der Waals surface area contributed by atoms with Gasteiger partial charge < -0.3 is 10.0 Å². The predicted octanol–water partition coefficient (Wildman–Crippen LogP) is 4.93. The summed E-state index contributed by atoms with van der Waals surface area (Å²) in [5.74, 6) is 0.110. The van der Waals surface area contributed by atoms with Gasteiger partial charge in [-0.2, -0.15) is 0 Å². The first kappa shape index (κ1) is 13.8. The van der Waals surface area contributed by atoms with Gasteiger partial charge in [0.25, 0.3) is 0 Å². The van der Waals surface area contributed by atoms with E-state index in [1.807, 2.05) is 38.4 Å². The van der Waals surface area contributed by atoms with Crippen LogP contribution in [0.4, 0.5) is 5.69 Å². The standard InChI is InChI=1S/C18H16ClNO/c1-20(2)14-8-13-9-17(19)18(21)11-16(13)15(10-14)12-6-4-3-5-7-12/h3-11,21H,1-2H3. The Hall–Kier alpha value is -2.19. The molecule has 1 N–H and O–H groups in total. The van der Waals surface area contributed by atoms with Crippen LogP contribution in [0.5, 0.6) is 5.75 Å². The predicted molar refractivity (Wildman–Crippen MR) is 90.4 cm³/mol. The SMILES string of the molecule is CN(C)c1cc(-c2ccccc2)c2cc(O)c(Cl)cc2c1. The summed E-state index contributed by atoms with van der Waals surface area (Å²) < 4.78 is 0. The number of benzene rings is 3. The molecule has 21 heavy (non-hydrogen) atoms. The van der Waals surface area contributed by atoms with Crippen molar-refractivity contribution in [2.75, 3.05) is 19.0 Å². The van der Waals surface area contributed by atoms with Crippen molar-refractivity contribution in [1.82, 2.24) is 0 Å². The Morgan fingerprint density at radius 2 is 1.67 bits per heavy atom. The van der Waals surface area contributed by atoms with Gasteiger partial charge in [0.2, 0.25) is 0 Å². The Labute approximate surface area is 129 Å². The molecule has 3 aromatic rings. The van der Waals surface area contributed by atoms with Crippen molar-refractivity contribution < 1.29 is 5.11 Å². The highest BCUT2D eigenvalue weighted by Gasteiger charge is 2.10. The largest absolute Gasteiger partial charge is 0.506 e. The van der Waals surface area contributed by atoms with E-state index in [1.165, 1.54) is 0 Å². The number of fused-ring (bicyclic) bond motifs is 1. The first-order chi connectivity index (χ1) is 10.1. The van der Waals surface area contributed by atoms with E-state index in [-0.39, 0.29) is 5.75 Å². The fourth-order valence-electron chi connectivity index (χ4n) is 2.47. The Morgan fingerprint density at radius 3 is 2.33 bits per heavy atom. The Kier molecular flexibility index (Phi) is 3.48. The van der Waals surface area contributed by atoms with E-state index in [4.69, 9.17) is 11.6 Å². The number of anilines is 1. The van der Waals surface area contributed by atoms with Gasteiger partial charge in [-0.15, -0.1) is 0 Å². The van der Waals surface area contributed by atoms with Crippen molar-refractivity contribution in [3.8, 4) is 16.9 Å². The maximum atomic E-state index is 9.92.